The van der Waals surface area contributed by atoms with Crippen LogP contribution >= 0.6 is 0 Å². The van der Waals surface area contributed by atoms with Gasteiger partial charge >= 0.3 is 6.18 Å². The van der Waals surface area contributed by atoms with Gasteiger partial charge in [-0.25, -0.2) is 0 Å². The van der Waals surface area contributed by atoms with Crippen molar-refractivity contribution < 1.29 is 18.0 Å². The van der Waals surface area contributed by atoms with Crippen LogP contribution in [0, 0.1) is 11.8 Å². The molecule has 0 saturated heterocycles. The van der Waals surface area contributed by atoms with E-state index in [1.165, 1.54) is 19.2 Å². The molecule has 1 unspecified atom stereocenters. The van der Waals surface area contributed by atoms with E-state index >= 15 is 0 Å². The van der Waals surface area contributed by atoms with E-state index in [2.05, 4.69) is 10.6 Å². The molecule has 3 nitrogen and oxygen atoms in total. The molecule has 1 aromatic carbocycles. The van der Waals surface area contributed by atoms with E-state index in [0.29, 0.717) is 12.5 Å². The number of alkyl halides is 3. The third-order valence-electron chi connectivity index (χ3n) is 3.58. The molecule has 0 radical (unpaired) electrons. The Labute approximate surface area is 122 Å². The van der Waals surface area contributed by atoms with E-state index in [9.17, 15) is 18.0 Å². The summed E-state index contributed by atoms with van der Waals surface area (Å²) >= 11 is 0. The number of hydrogen-bond donors (Lipinski definition) is 2. The number of rotatable bonds is 5. The Balaban J connectivity index is 2.91. The van der Waals surface area contributed by atoms with Crippen molar-refractivity contribution in [3.63, 3.8) is 0 Å². The fourth-order valence-electron chi connectivity index (χ4n) is 1.73. The van der Waals surface area contributed by atoms with E-state index in [4.69, 9.17) is 0 Å². The normalized spacial score (nSPS) is 13.1. The van der Waals surface area contributed by atoms with Gasteiger partial charge in [0.25, 0.3) is 5.91 Å². The van der Waals surface area contributed by atoms with Gasteiger partial charge < -0.3 is 10.6 Å². The van der Waals surface area contributed by atoms with Crippen LogP contribution in [0.1, 0.15) is 36.7 Å². The SMILES string of the molecule is CNc1ccc(C(=O)NCC(C)C(C)C)cc1C(F)(F)F. The average Bonchev–Trinajstić information content (AvgIpc) is 2.42. The maximum atomic E-state index is 12.9. The van der Waals surface area contributed by atoms with Gasteiger partial charge in [0.05, 0.1) is 5.56 Å². The van der Waals surface area contributed by atoms with Crippen LogP contribution in [-0.2, 0) is 6.18 Å². The molecule has 21 heavy (non-hydrogen) atoms. The number of carbonyl (C=O) groups excluding carboxylic acids is 1. The van der Waals surface area contributed by atoms with Gasteiger partial charge in [-0.1, -0.05) is 20.8 Å². The fraction of sp³-hybridized carbons (Fsp3) is 0.533. The minimum atomic E-state index is -4.50. The average molecular weight is 302 g/mol. The maximum absolute atomic E-state index is 12.9. The lowest BCUT2D eigenvalue weighted by Crippen LogP contribution is -2.30. The molecule has 0 aliphatic carbocycles. The van der Waals surface area contributed by atoms with Crippen molar-refractivity contribution in [3.05, 3.63) is 29.3 Å². The smallest absolute Gasteiger partial charge is 0.388 e. The Kier molecular flexibility index (Phi) is 5.63. The van der Waals surface area contributed by atoms with Crippen molar-refractivity contribution in [1.82, 2.24) is 5.32 Å². The highest BCUT2D eigenvalue weighted by Crippen LogP contribution is 2.35. The summed E-state index contributed by atoms with van der Waals surface area (Å²) in [6, 6.07) is 3.53. The zero-order valence-corrected chi connectivity index (χ0v) is 12.6. The summed E-state index contributed by atoms with van der Waals surface area (Å²) in [5, 5.41) is 5.15. The van der Waals surface area contributed by atoms with Crippen molar-refractivity contribution in [1.29, 1.82) is 0 Å². The predicted molar refractivity (Wildman–Crippen MR) is 77.3 cm³/mol. The highest BCUT2D eigenvalue weighted by molar-refractivity contribution is 5.95. The standard InChI is InChI=1S/C15H21F3N2O/c1-9(2)10(3)8-20-14(21)11-5-6-13(19-4)12(7-11)15(16,17)18/h5-7,9-10,19H,8H2,1-4H3,(H,20,21). The van der Waals surface area contributed by atoms with Gasteiger partial charge in [0.1, 0.15) is 0 Å². The van der Waals surface area contributed by atoms with Gasteiger partial charge in [-0.05, 0) is 30.0 Å². The second-order valence-corrected chi connectivity index (χ2v) is 5.44. The first-order chi connectivity index (χ1) is 9.66. The summed E-state index contributed by atoms with van der Waals surface area (Å²) in [6.07, 6.45) is -4.50. The Hall–Kier alpha value is -1.72. The summed E-state index contributed by atoms with van der Waals surface area (Å²) in [6.45, 7) is 6.47. The molecule has 1 atom stereocenters. The van der Waals surface area contributed by atoms with Crippen molar-refractivity contribution in [2.75, 3.05) is 18.9 Å². The molecule has 0 fully saturated rings. The second kappa shape index (κ2) is 6.83. The first kappa shape index (κ1) is 17.3. The summed E-state index contributed by atoms with van der Waals surface area (Å²) in [5.74, 6) is 0.158. The summed E-state index contributed by atoms with van der Waals surface area (Å²) in [5.41, 5.74) is -0.874. The number of carbonyl (C=O) groups is 1. The number of amides is 1. The van der Waals surface area contributed by atoms with Crippen LogP contribution in [0.25, 0.3) is 0 Å². The van der Waals surface area contributed by atoms with Gasteiger partial charge in [0.2, 0.25) is 0 Å². The molecule has 6 heteroatoms. The maximum Gasteiger partial charge on any atom is 0.418 e. The largest absolute Gasteiger partial charge is 0.418 e. The van der Waals surface area contributed by atoms with E-state index < -0.39 is 17.6 Å². The van der Waals surface area contributed by atoms with E-state index in [0.717, 1.165) is 6.07 Å². The fourth-order valence-corrected chi connectivity index (χ4v) is 1.73. The van der Waals surface area contributed by atoms with Crippen LogP contribution in [0.2, 0.25) is 0 Å². The third kappa shape index (κ3) is 4.65. The van der Waals surface area contributed by atoms with Gasteiger partial charge in [-0.15, -0.1) is 0 Å². The van der Waals surface area contributed by atoms with Gasteiger partial charge in [0, 0.05) is 24.8 Å². The number of benzene rings is 1. The molecule has 1 rings (SSSR count). The van der Waals surface area contributed by atoms with Crippen LogP contribution in [-0.4, -0.2) is 19.5 Å². The zero-order valence-electron chi connectivity index (χ0n) is 12.6. The highest BCUT2D eigenvalue weighted by atomic mass is 19.4. The lowest BCUT2D eigenvalue weighted by atomic mass is 9.98. The first-order valence-corrected chi connectivity index (χ1v) is 6.84. The second-order valence-electron chi connectivity index (χ2n) is 5.44. The van der Waals surface area contributed by atoms with Crippen molar-refractivity contribution >= 4 is 11.6 Å². The topological polar surface area (TPSA) is 41.1 Å². The third-order valence-corrected chi connectivity index (χ3v) is 3.58. The zero-order chi connectivity index (χ0) is 16.2. The van der Waals surface area contributed by atoms with Crippen LogP contribution < -0.4 is 10.6 Å². The van der Waals surface area contributed by atoms with E-state index in [-0.39, 0.29) is 17.2 Å². The van der Waals surface area contributed by atoms with E-state index in [1.54, 1.807) is 0 Å². The Morgan fingerprint density at radius 3 is 2.33 bits per heavy atom. The lowest BCUT2D eigenvalue weighted by Gasteiger charge is -2.17. The minimum absolute atomic E-state index is 0.0114. The molecule has 0 saturated carbocycles. The number of nitrogens with one attached hydrogen (secondary N) is 2. The monoisotopic (exact) mass is 302 g/mol. The van der Waals surface area contributed by atoms with Crippen LogP contribution in [0.3, 0.4) is 0 Å². The molecule has 0 bridgehead atoms. The minimum Gasteiger partial charge on any atom is -0.388 e. The van der Waals surface area contributed by atoms with Crippen LogP contribution in [0.4, 0.5) is 18.9 Å². The van der Waals surface area contributed by atoms with Gasteiger partial charge in [-0.3, -0.25) is 4.79 Å². The van der Waals surface area contributed by atoms with Crippen molar-refractivity contribution in [2.24, 2.45) is 11.8 Å². The molecule has 0 spiro atoms. The summed E-state index contributed by atoms with van der Waals surface area (Å²) < 4.78 is 38.8. The quantitative estimate of drug-likeness (QED) is 0.869. The molecule has 0 aliphatic rings. The molecule has 0 aliphatic heterocycles. The molecular weight excluding hydrogens is 281 g/mol. The van der Waals surface area contributed by atoms with Gasteiger partial charge in [-0.2, -0.15) is 13.2 Å². The number of hydrogen-bond acceptors (Lipinski definition) is 2. The molecule has 2 N–H and O–H groups in total. The summed E-state index contributed by atoms with van der Waals surface area (Å²) in [4.78, 5) is 12.0. The molecule has 1 aromatic rings. The predicted octanol–water partition coefficient (Wildman–Crippen LogP) is 3.77. The highest BCUT2D eigenvalue weighted by Gasteiger charge is 2.34. The molecule has 0 aromatic heterocycles. The number of anilines is 1. The lowest BCUT2D eigenvalue weighted by molar-refractivity contribution is -0.136. The molecule has 118 valence electrons. The number of halogens is 3. The van der Waals surface area contributed by atoms with Gasteiger partial charge in [0.15, 0.2) is 0 Å². The Morgan fingerprint density at radius 1 is 1.24 bits per heavy atom. The van der Waals surface area contributed by atoms with Crippen molar-refractivity contribution in [2.45, 2.75) is 26.9 Å². The Morgan fingerprint density at radius 2 is 1.86 bits per heavy atom. The summed E-state index contributed by atoms with van der Waals surface area (Å²) in [7, 11) is 1.41. The molecule has 0 heterocycles. The first-order valence-electron chi connectivity index (χ1n) is 6.84. The Bertz CT molecular complexity index is 498. The van der Waals surface area contributed by atoms with Crippen LogP contribution in [0.15, 0.2) is 18.2 Å². The van der Waals surface area contributed by atoms with Crippen molar-refractivity contribution in [3.8, 4) is 0 Å². The van der Waals surface area contributed by atoms with Crippen LogP contribution in [0.5, 0.6) is 0 Å². The van der Waals surface area contributed by atoms with E-state index in [1.807, 2.05) is 20.8 Å². The molecule has 1 amide bonds. The molecular formula is C15H21F3N2O.